The molecule has 0 fully saturated rings. The number of para-hydroxylation sites is 2. The van der Waals surface area contributed by atoms with E-state index in [0.717, 1.165) is 0 Å². The van der Waals surface area contributed by atoms with E-state index >= 15 is 0 Å². The lowest BCUT2D eigenvalue weighted by Crippen LogP contribution is -2.51. The number of halogens is 5. The highest BCUT2D eigenvalue weighted by atomic mass is 19.4. The molecule has 0 bridgehead atoms. The largest absolute Gasteiger partial charge is 0.463 e. The van der Waals surface area contributed by atoms with Crippen molar-refractivity contribution in [1.29, 1.82) is 0 Å². The molecule has 0 saturated heterocycles. The summed E-state index contributed by atoms with van der Waals surface area (Å²) >= 11 is 0. The molecule has 9 heteroatoms. The van der Waals surface area contributed by atoms with Crippen LogP contribution in [-0.2, 0) is 4.79 Å². The number of hydrogen-bond acceptors (Lipinski definition) is 2. The van der Waals surface area contributed by atoms with Crippen LogP contribution in [-0.4, -0.2) is 28.0 Å². The Morgan fingerprint density at radius 1 is 1.24 bits per heavy atom. The predicted molar refractivity (Wildman–Crippen MR) is 63.7 cm³/mol. The van der Waals surface area contributed by atoms with Crippen LogP contribution in [0.4, 0.5) is 22.0 Å². The van der Waals surface area contributed by atoms with E-state index in [1.54, 1.807) is 29.6 Å². The van der Waals surface area contributed by atoms with E-state index in [9.17, 15) is 26.7 Å². The Labute approximate surface area is 115 Å². The zero-order valence-electron chi connectivity index (χ0n) is 10.6. The average molecular weight is 307 g/mol. The van der Waals surface area contributed by atoms with Crippen LogP contribution in [0.3, 0.4) is 0 Å². The number of rotatable bonds is 3. The lowest BCUT2D eigenvalue weighted by Gasteiger charge is -2.20. The Morgan fingerprint density at radius 2 is 1.86 bits per heavy atom. The highest BCUT2D eigenvalue weighted by Gasteiger charge is 2.63. The summed E-state index contributed by atoms with van der Waals surface area (Å²) in [5.41, 5.74) is 1.09. The van der Waals surface area contributed by atoms with E-state index in [1.807, 2.05) is 0 Å². The van der Waals surface area contributed by atoms with Gasteiger partial charge in [0.2, 0.25) is 0 Å². The van der Waals surface area contributed by atoms with Crippen LogP contribution < -0.4 is 5.32 Å². The number of hydrogen-bond donors (Lipinski definition) is 2. The van der Waals surface area contributed by atoms with Crippen LogP contribution >= 0.6 is 0 Å². The van der Waals surface area contributed by atoms with Gasteiger partial charge in [0, 0.05) is 0 Å². The second kappa shape index (κ2) is 4.97. The molecule has 0 saturated carbocycles. The van der Waals surface area contributed by atoms with E-state index in [0.29, 0.717) is 11.0 Å². The van der Waals surface area contributed by atoms with Crippen molar-refractivity contribution in [2.75, 3.05) is 0 Å². The molecule has 1 aromatic heterocycles. The third-order valence-corrected chi connectivity index (χ3v) is 2.81. The van der Waals surface area contributed by atoms with Crippen molar-refractivity contribution in [1.82, 2.24) is 15.3 Å². The highest BCUT2D eigenvalue weighted by molar-refractivity contribution is 5.84. The number of nitrogens with one attached hydrogen (secondary N) is 2. The molecule has 1 atom stereocenters. The van der Waals surface area contributed by atoms with Gasteiger partial charge < -0.3 is 10.3 Å². The van der Waals surface area contributed by atoms with Crippen LogP contribution in [0, 0.1) is 0 Å². The predicted octanol–water partition coefficient (Wildman–Crippen LogP) is 2.94. The Morgan fingerprint density at radius 3 is 2.43 bits per heavy atom. The van der Waals surface area contributed by atoms with Crippen molar-refractivity contribution >= 4 is 16.9 Å². The summed E-state index contributed by atoms with van der Waals surface area (Å²) < 4.78 is 61.9. The minimum atomic E-state index is -5.94. The maximum atomic E-state index is 12.8. The third-order valence-electron chi connectivity index (χ3n) is 2.81. The fourth-order valence-corrected chi connectivity index (χ4v) is 1.66. The van der Waals surface area contributed by atoms with Gasteiger partial charge in [-0.3, -0.25) is 4.79 Å². The Kier molecular flexibility index (Phi) is 3.60. The summed E-state index contributed by atoms with van der Waals surface area (Å²) in [6.07, 6.45) is -5.94. The first-order valence-electron chi connectivity index (χ1n) is 5.83. The fourth-order valence-electron chi connectivity index (χ4n) is 1.66. The molecule has 0 aliphatic heterocycles. The first kappa shape index (κ1) is 15.2. The SMILES string of the molecule is CC(NC(=O)C(F)(F)C(F)(F)F)c1nc2ccccc2[nH]1. The van der Waals surface area contributed by atoms with Gasteiger partial charge in [0.1, 0.15) is 5.82 Å². The Bertz CT molecular complexity index is 631. The van der Waals surface area contributed by atoms with E-state index in [4.69, 9.17) is 0 Å². The average Bonchev–Trinajstić information content (AvgIpc) is 2.80. The normalized spacial score (nSPS) is 14.2. The topological polar surface area (TPSA) is 57.8 Å². The molecule has 1 aromatic carbocycles. The smallest absolute Gasteiger partial charge is 0.341 e. The van der Waals surface area contributed by atoms with E-state index in [1.165, 1.54) is 6.92 Å². The van der Waals surface area contributed by atoms with Crippen molar-refractivity contribution in [3.05, 3.63) is 30.1 Å². The second-order valence-corrected chi connectivity index (χ2v) is 4.41. The van der Waals surface area contributed by atoms with Gasteiger partial charge in [0.15, 0.2) is 0 Å². The first-order valence-corrected chi connectivity index (χ1v) is 5.83. The molecule has 21 heavy (non-hydrogen) atoms. The molecule has 2 aromatic rings. The van der Waals surface area contributed by atoms with Gasteiger partial charge in [0.05, 0.1) is 17.1 Å². The van der Waals surface area contributed by atoms with Crippen LogP contribution in [0.5, 0.6) is 0 Å². The van der Waals surface area contributed by atoms with Crippen molar-refractivity contribution in [2.45, 2.75) is 25.1 Å². The number of alkyl halides is 5. The Balaban J connectivity index is 2.18. The number of fused-ring (bicyclic) bond motifs is 1. The summed E-state index contributed by atoms with van der Waals surface area (Å²) in [6, 6.07) is 5.55. The van der Waals surface area contributed by atoms with Gasteiger partial charge in [-0.25, -0.2) is 4.98 Å². The Hall–Kier alpha value is -2.19. The van der Waals surface area contributed by atoms with Gasteiger partial charge >= 0.3 is 18.0 Å². The molecule has 1 heterocycles. The number of carbonyl (C=O) groups excluding carboxylic acids is 1. The van der Waals surface area contributed by atoms with Gasteiger partial charge in [0.25, 0.3) is 0 Å². The number of aromatic amines is 1. The van der Waals surface area contributed by atoms with E-state index in [2.05, 4.69) is 9.97 Å². The quantitative estimate of drug-likeness (QED) is 0.857. The maximum Gasteiger partial charge on any atom is 0.463 e. The lowest BCUT2D eigenvalue weighted by atomic mass is 10.2. The molecule has 0 spiro atoms. The number of carbonyl (C=O) groups is 1. The number of amides is 1. The maximum absolute atomic E-state index is 12.8. The van der Waals surface area contributed by atoms with Crippen LogP contribution in [0.1, 0.15) is 18.8 Å². The molecule has 0 aliphatic carbocycles. The molecule has 1 unspecified atom stereocenters. The number of benzene rings is 1. The minimum absolute atomic E-state index is 0.0857. The van der Waals surface area contributed by atoms with E-state index < -0.39 is 24.0 Å². The van der Waals surface area contributed by atoms with Gasteiger partial charge in [-0.15, -0.1) is 0 Å². The van der Waals surface area contributed by atoms with Gasteiger partial charge in [-0.05, 0) is 19.1 Å². The molecule has 0 aliphatic rings. The standard InChI is InChI=1S/C12H10F5N3O/c1-6(18-10(21)11(13,14)12(15,16)17)9-19-7-4-2-3-5-8(7)20-9/h2-6H,1H3,(H,18,21)(H,19,20). The zero-order valence-corrected chi connectivity index (χ0v) is 10.6. The van der Waals surface area contributed by atoms with Crippen molar-refractivity contribution in [2.24, 2.45) is 0 Å². The number of nitrogens with zero attached hydrogens (tertiary/aromatic N) is 1. The molecule has 2 rings (SSSR count). The molecule has 114 valence electrons. The van der Waals surface area contributed by atoms with Crippen molar-refractivity contribution in [3.63, 3.8) is 0 Å². The molecule has 4 nitrogen and oxygen atoms in total. The van der Waals surface area contributed by atoms with Crippen LogP contribution in [0.15, 0.2) is 24.3 Å². The molecule has 0 radical (unpaired) electrons. The zero-order chi connectivity index (χ0) is 15.8. The van der Waals surface area contributed by atoms with Crippen LogP contribution in [0.25, 0.3) is 11.0 Å². The minimum Gasteiger partial charge on any atom is -0.341 e. The monoisotopic (exact) mass is 307 g/mol. The van der Waals surface area contributed by atoms with Crippen LogP contribution in [0.2, 0.25) is 0 Å². The summed E-state index contributed by atoms with van der Waals surface area (Å²) in [5.74, 6) is -7.78. The van der Waals surface area contributed by atoms with Crippen molar-refractivity contribution in [3.8, 4) is 0 Å². The summed E-state index contributed by atoms with van der Waals surface area (Å²) in [5, 5.41) is 1.60. The van der Waals surface area contributed by atoms with Gasteiger partial charge in [-0.1, -0.05) is 12.1 Å². The number of H-pyrrole nitrogens is 1. The highest BCUT2D eigenvalue weighted by Crippen LogP contribution is 2.35. The number of imidazole rings is 1. The molecular formula is C12H10F5N3O. The summed E-state index contributed by atoms with van der Waals surface area (Å²) in [7, 11) is 0. The van der Waals surface area contributed by atoms with Crippen molar-refractivity contribution < 1.29 is 26.7 Å². The second-order valence-electron chi connectivity index (χ2n) is 4.41. The molecule has 2 N–H and O–H groups in total. The summed E-state index contributed by atoms with van der Waals surface area (Å²) in [4.78, 5) is 17.8. The van der Waals surface area contributed by atoms with Gasteiger partial charge in [-0.2, -0.15) is 22.0 Å². The first-order chi connectivity index (χ1) is 9.63. The lowest BCUT2D eigenvalue weighted by molar-refractivity contribution is -0.270. The third kappa shape index (κ3) is 2.81. The number of aromatic nitrogens is 2. The molecule has 1 amide bonds. The van der Waals surface area contributed by atoms with E-state index in [-0.39, 0.29) is 5.82 Å². The fraction of sp³-hybridized carbons (Fsp3) is 0.333. The molecular weight excluding hydrogens is 297 g/mol. The summed E-state index contributed by atoms with van der Waals surface area (Å²) in [6.45, 7) is 1.25.